The molecule has 1 aromatic heterocycles. The lowest BCUT2D eigenvalue weighted by Gasteiger charge is -2.55. The van der Waals surface area contributed by atoms with E-state index in [2.05, 4.69) is 5.10 Å². The first-order valence-electron chi connectivity index (χ1n) is 20.6. The fourth-order valence-electron chi connectivity index (χ4n) is 4.94. The lowest BCUT2D eigenvalue weighted by atomic mass is 9.79. The normalized spacial score (nSPS) is 29.8. The van der Waals surface area contributed by atoms with Crippen molar-refractivity contribution in [1.82, 2.24) is 19.4 Å². The van der Waals surface area contributed by atoms with Crippen molar-refractivity contribution in [2.45, 2.75) is 104 Å². The molecule has 1 saturated heterocycles. The Balaban J connectivity index is 2.38. The highest BCUT2D eigenvalue weighted by atomic mass is 31.2. The molecule has 0 spiro atoms. The summed E-state index contributed by atoms with van der Waals surface area (Å²) in [5.74, 6) is -5.88. The topological polar surface area (TPSA) is 108 Å². The number of hydrogen-bond acceptors (Lipinski definition) is 8. The summed E-state index contributed by atoms with van der Waals surface area (Å²) in [7, 11) is -3.31. The number of nitrogens with one attached hydrogen (secondary N) is 1. The zero-order valence-corrected chi connectivity index (χ0v) is 29.7. The molecule has 0 aliphatic carbocycles. The van der Waals surface area contributed by atoms with Crippen LogP contribution in [0.25, 0.3) is 0 Å². The molecule has 1 aliphatic rings. The van der Waals surface area contributed by atoms with E-state index in [1.165, 1.54) is 0 Å². The van der Waals surface area contributed by atoms with Crippen molar-refractivity contribution in [2.75, 3.05) is 14.2 Å². The van der Waals surface area contributed by atoms with Crippen LogP contribution in [0, 0.1) is 25.6 Å². The zero-order chi connectivity index (χ0) is 49.4. The number of aromatic amines is 1. The minimum atomic E-state index is -5.87. The van der Waals surface area contributed by atoms with Crippen molar-refractivity contribution >= 4 is 7.75 Å². The van der Waals surface area contributed by atoms with E-state index in [9.17, 15) is 42.6 Å². The van der Waals surface area contributed by atoms with E-state index in [-0.39, 0.29) is 14.3 Å². The van der Waals surface area contributed by atoms with Crippen molar-refractivity contribution in [1.29, 1.82) is 0 Å². The summed E-state index contributed by atoms with van der Waals surface area (Å²) in [4.78, 5) is 13.1. The molecule has 51 heavy (non-hydrogen) atoms. The van der Waals surface area contributed by atoms with Gasteiger partial charge in [0, 0.05) is 21.1 Å². The van der Waals surface area contributed by atoms with Gasteiger partial charge in [-0.15, -0.1) is 9.55 Å². The van der Waals surface area contributed by atoms with Gasteiger partial charge in [0.2, 0.25) is 0 Å². The summed E-state index contributed by atoms with van der Waals surface area (Å²) < 4.78 is 247. The van der Waals surface area contributed by atoms with Crippen molar-refractivity contribution in [2.24, 2.45) is 5.89 Å². The Morgan fingerprint density at radius 1 is 1.14 bits per heavy atom. The quantitative estimate of drug-likeness (QED) is 0.162. The van der Waals surface area contributed by atoms with Gasteiger partial charge in [-0.05, 0) is 93.9 Å². The average Bonchev–Trinajstić information content (AvgIpc) is 3.41. The molecule has 18 heteroatoms. The highest BCUT2D eigenvalue weighted by Crippen LogP contribution is 2.50. The van der Waals surface area contributed by atoms with Crippen LogP contribution in [-0.2, 0) is 47.5 Å². The maximum atomic E-state index is 15.4. The molecule has 0 radical (unpaired) electrons. The van der Waals surface area contributed by atoms with Crippen LogP contribution in [-0.4, -0.2) is 51.5 Å². The van der Waals surface area contributed by atoms with Crippen molar-refractivity contribution in [3.05, 3.63) is 85.7 Å². The second-order valence-electron chi connectivity index (χ2n) is 12.1. The molecule has 2 aromatic carbocycles. The third kappa shape index (κ3) is 7.70. The van der Waals surface area contributed by atoms with Crippen molar-refractivity contribution in [3.8, 4) is 0 Å². The number of H-pyrrole nitrogens is 1. The summed E-state index contributed by atoms with van der Waals surface area (Å²) in [6.07, 6.45) is -18.8. The van der Waals surface area contributed by atoms with Crippen LogP contribution in [0.2, 0.25) is 1.41 Å². The van der Waals surface area contributed by atoms with E-state index in [1.807, 2.05) is 0 Å². The van der Waals surface area contributed by atoms with Crippen LogP contribution in [0.15, 0.2) is 35.0 Å². The molecule has 1 N–H and O–H groups in total. The molecular weight excluding hydrogens is 712 g/mol. The molecule has 0 bridgehead atoms. The molecule has 284 valence electrons. The number of benzene rings is 2. The Labute approximate surface area is 307 Å². The van der Waals surface area contributed by atoms with Gasteiger partial charge in [0.1, 0.15) is 11.6 Å². The second-order valence-corrected chi connectivity index (χ2v) is 14.1. The van der Waals surface area contributed by atoms with Crippen LogP contribution in [0.4, 0.5) is 30.7 Å². The molecule has 1 unspecified atom stereocenters. The first-order chi connectivity index (χ1) is 28.0. The van der Waals surface area contributed by atoms with E-state index in [0.717, 1.165) is 55.8 Å². The lowest BCUT2D eigenvalue weighted by molar-refractivity contribution is -0.313. The van der Waals surface area contributed by atoms with E-state index in [0.29, 0.717) is 13.8 Å². The van der Waals surface area contributed by atoms with Gasteiger partial charge in [-0.1, -0.05) is 19.9 Å². The number of halogens is 7. The summed E-state index contributed by atoms with van der Waals surface area (Å²) >= 11 is 0. The maximum absolute atomic E-state index is 15.4. The van der Waals surface area contributed by atoms with E-state index in [4.69, 9.17) is 28.2 Å². The Kier molecular flexibility index (Phi) is 7.34. The Hall–Kier alpha value is -3.08. The van der Waals surface area contributed by atoms with Crippen LogP contribution >= 0.6 is 7.75 Å². The third-order valence-electron chi connectivity index (χ3n) is 8.30. The molecule has 10 nitrogen and oxygen atoms in total. The smallest absolute Gasteiger partial charge is 0.346 e. The van der Waals surface area contributed by atoms with Gasteiger partial charge < -0.3 is 9.47 Å². The first-order valence-corrected chi connectivity index (χ1v) is 16.2. The number of alkyl halides is 6. The van der Waals surface area contributed by atoms with Crippen LogP contribution < -0.4 is 5.69 Å². The largest absolute Gasteiger partial charge is 0.459 e. The lowest BCUT2D eigenvalue weighted by Crippen LogP contribution is -2.63. The Morgan fingerprint density at radius 2 is 1.73 bits per heavy atom. The minimum absolute atomic E-state index is 0.0797. The number of ether oxygens (including phenoxy) is 2. The summed E-state index contributed by atoms with van der Waals surface area (Å²) in [5, 5.41) is 3.64. The van der Waals surface area contributed by atoms with Gasteiger partial charge in [-0.3, -0.25) is 18.9 Å². The number of rotatable bonds is 10. The monoisotopic (exact) mass is 766 g/mol. The SMILES string of the molecule is [2H]c1c([2H])c([C@]2([2H])N(C([2H])([2H])c3nn(P(=O)(OC)OC)c(=O)n3[2H])C(C)(C)C([2H])(C)O[C@]2([2H])O[C@@](C)(c2c([2H])c(C(F)(F)F)c([2H])c(C(F)(F)F)c2C)C([2H])(C)C)c(C)c([2H])c1F. The number of hydrogen-bond donors (Lipinski definition) is 1. The van der Waals surface area contributed by atoms with E-state index in [1.54, 1.807) is 0 Å². The maximum Gasteiger partial charge on any atom is 0.459 e. The third-order valence-corrected chi connectivity index (χ3v) is 9.95. The van der Waals surface area contributed by atoms with Gasteiger partial charge in [-0.2, -0.15) is 26.3 Å². The molecule has 4 atom stereocenters. The first kappa shape index (κ1) is 26.6. The number of nitrogens with zero attached hydrogens (tertiary/aromatic N) is 3. The molecule has 1 fully saturated rings. The van der Waals surface area contributed by atoms with Gasteiger partial charge in [-0.25, -0.2) is 13.8 Å². The van der Waals surface area contributed by atoms with Crippen LogP contribution in [0.5, 0.6) is 0 Å². The van der Waals surface area contributed by atoms with E-state index < -0.39 is 143 Å². The molecule has 1 aliphatic heterocycles. The van der Waals surface area contributed by atoms with Crippen LogP contribution in [0.1, 0.15) is 102 Å². The average molecular weight is 767 g/mol. The van der Waals surface area contributed by atoms with Crippen molar-refractivity contribution < 1.29 is 70.3 Å². The Morgan fingerprint density at radius 3 is 2.25 bits per heavy atom. The van der Waals surface area contributed by atoms with Gasteiger partial charge in [0.15, 0.2) is 7.68 Å². The molecular formula is C33H42F7N4O6P. The highest BCUT2D eigenvalue weighted by molar-refractivity contribution is 7.51. The number of morpholine rings is 1. The molecule has 4 rings (SSSR count). The number of aromatic nitrogens is 3. The zero-order valence-electron chi connectivity index (χ0n) is 40.8. The van der Waals surface area contributed by atoms with Gasteiger partial charge in [0.25, 0.3) is 0 Å². The summed E-state index contributed by atoms with van der Waals surface area (Å²) in [6, 6.07) is -12.3. The Bertz CT molecular complexity index is 2400. The molecule has 0 amide bonds. The minimum Gasteiger partial charge on any atom is -0.346 e. The van der Waals surface area contributed by atoms with E-state index >= 15 is 4.39 Å². The predicted octanol–water partition coefficient (Wildman–Crippen LogP) is 8.27. The fourth-order valence-corrected chi connectivity index (χ4v) is 5.84. The molecule has 2 heterocycles. The fraction of sp³-hybridized carbons (Fsp3) is 0.576. The van der Waals surface area contributed by atoms with Gasteiger partial charge in [0.05, 0.1) is 49.0 Å². The predicted molar refractivity (Wildman–Crippen MR) is 172 cm³/mol. The van der Waals surface area contributed by atoms with Crippen molar-refractivity contribution in [3.63, 3.8) is 0 Å². The summed E-state index contributed by atoms with van der Waals surface area (Å²) in [6.45, 7) is 2.40. The highest BCUT2D eigenvalue weighted by Gasteiger charge is 2.52. The standard InChI is InChI=1S/C33H42F7N4O6P/c1-17(2)31(8,24-14-21(32(35,36)37)15-25(19(24)4)33(38,39)40)50-28-27(23-12-11-22(34)13-18(23)3)43(30(6,7)20(5)49-28)16-26-41-29(45)44(42-26)51(46,47-9)48-10/h11-15,17,20,27-28H,16H2,1-10H3,(H,41,42,45)/t20?,27-,28+,31+/m0/s1/i11D,12D,13D,14D,15D,16D2,17D,20D,27D,28D/hD. The summed E-state index contributed by atoms with van der Waals surface area (Å²) in [5.41, 5.74) is -17.3. The van der Waals surface area contributed by atoms with Gasteiger partial charge >= 0.3 is 25.8 Å². The molecule has 3 aromatic rings. The second kappa shape index (κ2) is 14.0. The molecule has 0 saturated carbocycles. The van der Waals surface area contributed by atoms with Crippen LogP contribution in [0.3, 0.4) is 0 Å².